The van der Waals surface area contributed by atoms with Gasteiger partial charge < -0.3 is 19.4 Å². The van der Waals surface area contributed by atoms with Crippen LogP contribution in [0, 0.1) is 11.6 Å². The van der Waals surface area contributed by atoms with Crippen molar-refractivity contribution in [1.82, 2.24) is 15.3 Å². The minimum absolute atomic E-state index is 0.0604. The number of furan rings is 1. The van der Waals surface area contributed by atoms with Gasteiger partial charge in [-0.2, -0.15) is 0 Å². The highest BCUT2D eigenvalue weighted by Crippen LogP contribution is 2.39. The maximum absolute atomic E-state index is 15.0. The lowest BCUT2D eigenvalue weighted by Crippen LogP contribution is -2.38. The van der Waals surface area contributed by atoms with Gasteiger partial charge in [-0.1, -0.05) is 12.1 Å². The summed E-state index contributed by atoms with van der Waals surface area (Å²) in [6, 6.07) is 11.5. The van der Waals surface area contributed by atoms with E-state index < -0.39 is 11.6 Å². The number of ether oxygens (including phenoxy) is 1. The number of halogens is 2. The molecule has 6 nitrogen and oxygen atoms in total. The van der Waals surface area contributed by atoms with Crippen molar-refractivity contribution >= 4 is 16.7 Å². The monoisotopic (exact) mass is 504 g/mol. The van der Waals surface area contributed by atoms with Crippen LogP contribution < -0.4 is 15.0 Å². The van der Waals surface area contributed by atoms with Crippen molar-refractivity contribution < 1.29 is 17.9 Å². The first kappa shape index (κ1) is 23.9. The van der Waals surface area contributed by atoms with Crippen LogP contribution >= 0.6 is 0 Å². The first-order chi connectivity index (χ1) is 18.0. The van der Waals surface area contributed by atoms with Gasteiger partial charge in [0.2, 0.25) is 0 Å². The lowest BCUT2D eigenvalue weighted by atomic mass is 9.90. The van der Waals surface area contributed by atoms with Gasteiger partial charge >= 0.3 is 0 Å². The Morgan fingerprint density at radius 3 is 2.73 bits per heavy atom. The van der Waals surface area contributed by atoms with Crippen LogP contribution in [0.25, 0.3) is 22.2 Å². The molecule has 2 aliphatic rings. The average molecular weight is 505 g/mol. The van der Waals surface area contributed by atoms with Crippen LogP contribution in [0.3, 0.4) is 0 Å². The maximum Gasteiger partial charge on any atom is 0.178 e. The van der Waals surface area contributed by atoms with Crippen LogP contribution in [0.5, 0.6) is 5.75 Å². The molecular formula is C29H30F2N4O2. The molecule has 1 saturated heterocycles. The number of nitrogens with one attached hydrogen (secondary N) is 1. The van der Waals surface area contributed by atoms with E-state index in [9.17, 15) is 8.78 Å². The summed E-state index contributed by atoms with van der Waals surface area (Å²) >= 11 is 0. The summed E-state index contributed by atoms with van der Waals surface area (Å²) in [6.07, 6.45) is 3.69. The molecule has 0 atom stereocenters. The number of anilines is 1. The van der Waals surface area contributed by atoms with Crippen molar-refractivity contribution in [3.63, 3.8) is 0 Å². The fourth-order valence-electron chi connectivity index (χ4n) is 5.42. The van der Waals surface area contributed by atoms with E-state index >= 15 is 0 Å². The number of hydrogen-bond donors (Lipinski definition) is 1. The Morgan fingerprint density at radius 1 is 1.08 bits per heavy atom. The van der Waals surface area contributed by atoms with Crippen molar-refractivity contribution in [1.29, 1.82) is 0 Å². The molecule has 6 rings (SSSR count). The predicted octanol–water partition coefficient (Wildman–Crippen LogP) is 5.83. The van der Waals surface area contributed by atoms with E-state index in [1.54, 1.807) is 6.07 Å². The topological polar surface area (TPSA) is 63.4 Å². The van der Waals surface area contributed by atoms with E-state index in [2.05, 4.69) is 38.4 Å². The zero-order valence-electron chi connectivity index (χ0n) is 21.1. The molecule has 4 heterocycles. The third-order valence-corrected chi connectivity index (χ3v) is 7.34. The van der Waals surface area contributed by atoms with Crippen LogP contribution in [0.2, 0.25) is 0 Å². The van der Waals surface area contributed by atoms with E-state index in [1.165, 1.54) is 11.6 Å². The summed E-state index contributed by atoms with van der Waals surface area (Å²) in [6.45, 7) is 7.18. The molecule has 0 radical (unpaired) electrons. The summed E-state index contributed by atoms with van der Waals surface area (Å²) < 4.78 is 41.6. The molecule has 0 amide bonds. The minimum Gasteiger partial charge on any atom is -0.486 e. The highest BCUT2D eigenvalue weighted by Gasteiger charge is 2.26. The van der Waals surface area contributed by atoms with Gasteiger partial charge in [0, 0.05) is 17.0 Å². The van der Waals surface area contributed by atoms with Gasteiger partial charge in [0.15, 0.2) is 17.4 Å². The molecule has 1 N–H and O–H groups in total. The first-order valence-electron chi connectivity index (χ1n) is 12.9. The molecular weight excluding hydrogens is 474 g/mol. The molecule has 37 heavy (non-hydrogen) atoms. The SMILES string of the molecule is CC(C)N1CCOc2c(F)cc(-c3nc(Cc4cc5ccc(C6CCNCC6)cc5o4)ncc3F)cc21. The summed E-state index contributed by atoms with van der Waals surface area (Å²) in [5, 5.41) is 4.42. The number of fused-ring (bicyclic) bond motifs is 2. The predicted molar refractivity (Wildman–Crippen MR) is 139 cm³/mol. The molecule has 192 valence electrons. The second kappa shape index (κ2) is 9.74. The maximum atomic E-state index is 15.0. The Bertz CT molecular complexity index is 1450. The van der Waals surface area contributed by atoms with Crippen LogP contribution in [0.4, 0.5) is 14.5 Å². The van der Waals surface area contributed by atoms with E-state index in [0.717, 1.165) is 43.1 Å². The number of benzene rings is 2. The van der Waals surface area contributed by atoms with Crippen molar-refractivity contribution in [2.24, 2.45) is 0 Å². The third-order valence-electron chi connectivity index (χ3n) is 7.34. The number of hydrogen-bond acceptors (Lipinski definition) is 6. The van der Waals surface area contributed by atoms with Crippen molar-refractivity contribution in [3.8, 4) is 17.0 Å². The quantitative estimate of drug-likeness (QED) is 0.369. The van der Waals surface area contributed by atoms with Gasteiger partial charge in [-0.05, 0) is 75.5 Å². The van der Waals surface area contributed by atoms with E-state index in [1.807, 2.05) is 19.9 Å². The van der Waals surface area contributed by atoms with Gasteiger partial charge in [0.05, 0.1) is 24.8 Å². The molecule has 2 aromatic heterocycles. The van der Waals surface area contributed by atoms with Crippen LogP contribution in [0.1, 0.15) is 49.8 Å². The summed E-state index contributed by atoms with van der Waals surface area (Å²) in [4.78, 5) is 10.7. The molecule has 0 spiro atoms. The highest BCUT2D eigenvalue weighted by molar-refractivity contribution is 5.79. The van der Waals surface area contributed by atoms with E-state index in [0.29, 0.717) is 48.3 Å². The lowest BCUT2D eigenvalue weighted by molar-refractivity contribution is 0.287. The molecule has 0 bridgehead atoms. The fourth-order valence-corrected chi connectivity index (χ4v) is 5.42. The van der Waals surface area contributed by atoms with Crippen LogP contribution in [-0.2, 0) is 6.42 Å². The smallest absolute Gasteiger partial charge is 0.178 e. The largest absolute Gasteiger partial charge is 0.486 e. The number of piperidine rings is 1. The lowest BCUT2D eigenvalue weighted by Gasteiger charge is -2.34. The standard InChI is InChI=1S/C29H30F2N4O2/c1-17(2)35-9-10-36-29-23(30)12-21(13-25(29)35)28-24(31)16-33-27(34-28)15-22-11-20-4-3-19(14-26(20)37-22)18-5-7-32-8-6-18/h3-4,11-14,16-18,32H,5-10,15H2,1-2H3. The van der Waals surface area contributed by atoms with Crippen LogP contribution in [0.15, 0.2) is 47.0 Å². The summed E-state index contributed by atoms with van der Waals surface area (Å²) in [5.41, 5.74) is 3.15. The number of nitrogens with zero attached hydrogens (tertiary/aromatic N) is 3. The molecule has 4 aromatic rings. The Hall–Kier alpha value is -3.52. The van der Waals surface area contributed by atoms with Gasteiger partial charge in [0.1, 0.15) is 29.5 Å². The minimum atomic E-state index is -0.604. The molecule has 0 saturated carbocycles. The molecule has 8 heteroatoms. The Kier molecular flexibility index (Phi) is 6.28. The molecule has 2 aromatic carbocycles. The van der Waals surface area contributed by atoms with Crippen molar-refractivity contribution in [2.45, 2.75) is 45.1 Å². The Balaban J connectivity index is 1.30. The van der Waals surface area contributed by atoms with Crippen molar-refractivity contribution in [2.75, 3.05) is 31.1 Å². The summed E-state index contributed by atoms with van der Waals surface area (Å²) in [5.74, 6) is 0.710. The third kappa shape index (κ3) is 4.66. The second-order valence-electron chi connectivity index (χ2n) is 10.1. The molecule has 2 aliphatic heterocycles. The molecule has 1 fully saturated rings. The first-order valence-corrected chi connectivity index (χ1v) is 12.9. The zero-order valence-corrected chi connectivity index (χ0v) is 21.1. The van der Waals surface area contributed by atoms with Crippen molar-refractivity contribution in [3.05, 3.63) is 71.4 Å². The number of rotatable bonds is 5. The number of aromatic nitrogens is 2. The van der Waals surface area contributed by atoms with Gasteiger partial charge in [0.25, 0.3) is 0 Å². The second-order valence-corrected chi connectivity index (χ2v) is 10.1. The van der Waals surface area contributed by atoms with Gasteiger partial charge in [-0.25, -0.2) is 18.7 Å². The normalized spacial score (nSPS) is 16.3. The van der Waals surface area contributed by atoms with Gasteiger partial charge in [-0.15, -0.1) is 0 Å². The average Bonchev–Trinajstić information content (AvgIpc) is 3.31. The molecule has 0 unspecified atom stereocenters. The van der Waals surface area contributed by atoms with Gasteiger partial charge in [-0.3, -0.25) is 0 Å². The van der Waals surface area contributed by atoms with Crippen LogP contribution in [-0.4, -0.2) is 42.3 Å². The molecule has 0 aliphatic carbocycles. The highest BCUT2D eigenvalue weighted by atomic mass is 19.1. The summed E-state index contributed by atoms with van der Waals surface area (Å²) in [7, 11) is 0. The Morgan fingerprint density at radius 2 is 1.92 bits per heavy atom. The Labute approximate surface area is 214 Å². The zero-order chi connectivity index (χ0) is 25.5. The van der Waals surface area contributed by atoms with E-state index in [-0.39, 0.29) is 17.5 Å². The fraction of sp³-hybridized carbons (Fsp3) is 0.379. The van der Waals surface area contributed by atoms with E-state index in [4.69, 9.17) is 9.15 Å².